The van der Waals surface area contributed by atoms with Crippen molar-refractivity contribution in [3.63, 3.8) is 0 Å². The normalized spacial score (nSPS) is 17.8. The van der Waals surface area contributed by atoms with Gasteiger partial charge in [0, 0.05) is 43.5 Å². The molecule has 32 heavy (non-hydrogen) atoms. The van der Waals surface area contributed by atoms with Crippen LogP contribution in [0.25, 0.3) is 0 Å². The number of amides is 1. The minimum absolute atomic E-state index is 0.0270. The maximum atomic E-state index is 13.0. The van der Waals surface area contributed by atoms with Gasteiger partial charge in [-0.2, -0.15) is 9.57 Å². The van der Waals surface area contributed by atoms with E-state index >= 15 is 0 Å². The predicted molar refractivity (Wildman–Crippen MR) is 124 cm³/mol. The second-order valence-electron chi connectivity index (χ2n) is 8.47. The number of nitriles is 1. The molecule has 0 atom stereocenters. The Hall–Kier alpha value is -2.89. The molecule has 2 aromatic rings. The summed E-state index contributed by atoms with van der Waals surface area (Å²) in [5.74, 6) is -0.318. The molecule has 2 aliphatic rings. The zero-order chi connectivity index (χ0) is 22.7. The molecule has 2 aromatic carbocycles. The van der Waals surface area contributed by atoms with Crippen LogP contribution in [0.5, 0.6) is 0 Å². The lowest BCUT2D eigenvalue weighted by atomic mass is 9.97. The van der Waals surface area contributed by atoms with Crippen LogP contribution in [0.2, 0.25) is 0 Å². The molecule has 1 amide bonds. The van der Waals surface area contributed by atoms with Crippen molar-refractivity contribution < 1.29 is 13.2 Å². The summed E-state index contributed by atoms with van der Waals surface area (Å²) < 4.78 is 27.4. The third kappa shape index (κ3) is 4.50. The molecule has 0 spiro atoms. The fraction of sp³-hybridized carbons (Fsp3) is 0.417. The number of benzene rings is 2. The highest BCUT2D eigenvalue weighted by Crippen LogP contribution is 2.29. The average Bonchev–Trinajstić information content (AvgIpc) is 3.35. The summed E-state index contributed by atoms with van der Waals surface area (Å²) in [5.41, 5.74) is 3.15. The van der Waals surface area contributed by atoms with E-state index in [2.05, 4.69) is 22.3 Å². The van der Waals surface area contributed by atoms with Crippen molar-refractivity contribution in [2.75, 3.05) is 36.4 Å². The van der Waals surface area contributed by atoms with E-state index in [9.17, 15) is 18.5 Å². The number of nitrogens with one attached hydrogen (secondary N) is 1. The monoisotopic (exact) mass is 452 g/mol. The third-order valence-corrected chi connectivity index (χ3v) is 8.35. The van der Waals surface area contributed by atoms with E-state index in [0.29, 0.717) is 12.8 Å². The van der Waals surface area contributed by atoms with Gasteiger partial charge >= 0.3 is 0 Å². The van der Waals surface area contributed by atoms with Gasteiger partial charge in [0.25, 0.3) is 0 Å². The Bertz CT molecular complexity index is 1140. The minimum atomic E-state index is -3.76. The molecule has 4 rings (SSSR count). The highest BCUT2D eigenvalue weighted by atomic mass is 32.2. The molecule has 0 radical (unpaired) electrons. The van der Waals surface area contributed by atoms with Crippen LogP contribution in [0.15, 0.2) is 47.4 Å². The van der Waals surface area contributed by atoms with E-state index in [0.717, 1.165) is 24.3 Å². The number of carbonyl (C=O) groups is 1. The fourth-order valence-electron chi connectivity index (χ4n) is 4.48. The van der Waals surface area contributed by atoms with Crippen LogP contribution in [0, 0.1) is 24.2 Å². The van der Waals surface area contributed by atoms with E-state index in [1.54, 1.807) is 12.1 Å². The lowest BCUT2D eigenvalue weighted by molar-refractivity contribution is -0.120. The summed E-state index contributed by atoms with van der Waals surface area (Å²) in [4.78, 5) is 15.2. The highest BCUT2D eigenvalue weighted by Gasteiger charge is 2.33. The molecule has 0 aliphatic carbocycles. The standard InChI is InChI=1S/C24H28N4O3S/c1-18-16-21(27-12-4-5-13-27)8-9-22(18)26-24(29)19-10-14-28(15-11-19)32(30,31)23-7-3-2-6-20(23)17-25/h2-3,6-9,16,19H,4-5,10-15H2,1H3,(H,26,29). The predicted octanol–water partition coefficient (Wildman–Crippen LogP) is 3.51. The number of aryl methyl sites for hydroxylation is 1. The maximum Gasteiger partial charge on any atom is 0.244 e. The number of nitrogens with zero attached hydrogens (tertiary/aromatic N) is 3. The molecule has 0 unspecified atom stereocenters. The average molecular weight is 453 g/mol. The van der Waals surface area contributed by atoms with Gasteiger partial charge in [0.05, 0.1) is 10.5 Å². The third-order valence-electron chi connectivity index (χ3n) is 6.39. The first kappa shape index (κ1) is 22.3. The van der Waals surface area contributed by atoms with E-state index in [1.807, 2.05) is 19.1 Å². The number of piperidine rings is 1. The Morgan fingerprint density at radius 3 is 2.41 bits per heavy atom. The van der Waals surface area contributed by atoms with Crippen LogP contribution in [0.3, 0.4) is 0 Å². The molecular weight excluding hydrogens is 424 g/mol. The van der Waals surface area contributed by atoms with E-state index < -0.39 is 10.0 Å². The van der Waals surface area contributed by atoms with Crippen molar-refractivity contribution in [1.29, 1.82) is 5.26 Å². The summed E-state index contributed by atoms with van der Waals surface area (Å²) in [5, 5.41) is 12.3. The maximum absolute atomic E-state index is 13.0. The summed E-state index contributed by atoms with van der Waals surface area (Å²) in [7, 11) is -3.76. The first-order valence-electron chi connectivity index (χ1n) is 11.1. The quantitative estimate of drug-likeness (QED) is 0.749. The van der Waals surface area contributed by atoms with Gasteiger partial charge in [0.2, 0.25) is 15.9 Å². The largest absolute Gasteiger partial charge is 0.372 e. The van der Waals surface area contributed by atoms with Gasteiger partial charge in [-0.1, -0.05) is 12.1 Å². The molecule has 8 heteroatoms. The molecule has 0 aromatic heterocycles. The number of anilines is 2. The Labute approximate surface area is 189 Å². The first-order chi connectivity index (χ1) is 15.4. The molecule has 0 bridgehead atoms. The first-order valence-corrected chi connectivity index (χ1v) is 12.5. The van der Waals surface area contributed by atoms with Crippen LogP contribution in [0.1, 0.15) is 36.8 Å². The topological polar surface area (TPSA) is 93.5 Å². The van der Waals surface area contributed by atoms with Gasteiger partial charge in [-0.3, -0.25) is 4.79 Å². The van der Waals surface area contributed by atoms with Crippen LogP contribution in [-0.4, -0.2) is 44.8 Å². The molecule has 168 valence electrons. The SMILES string of the molecule is Cc1cc(N2CCCC2)ccc1NC(=O)C1CCN(S(=O)(=O)c2ccccc2C#N)CC1. The van der Waals surface area contributed by atoms with Crippen LogP contribution in [-0.2, 0) is 14.8 Å². The van der Waals surface area contributed by atoms with Gasteiger partial charge < -0.3 is 10.2 Å². The molecule has 2 fully saturated rings. The Kier molecular flexibility index (Phi) is 6.49. The van der Waals surface area contributed by atoms with Crippen molar-refractivity contribution in [1.82, 2.24) is 4.31 Å². The number of carbonyl (C=O) groups excluding carboxylic acids is 1. The molecule has 0 saturated carbocycles. The summed E-state index contributed by atoms with van der Waals surface area (Å²) in [6, 6.07) is 14.3. The number of hydrogen-bond acceptors (Lipinski definition) is 5. The second kappa shape index (κ2) is 9.31. The van der Waals surface area contributed by atoms with Gasteiger partial charge in [0.1, 0.15) is 6.07 Å². The molecule has 2 heterocycles. The minimum Gasteiger partial charge on any atom is -0.372 e. The van der Waals surface area contributed by atoms with Crippen molar-refractivity contribution >= 4 is 27.3 Å². The smallest absolute Gasteiger partial charge is 0.244 e. The highest BCUT2D eigenvalue weighted by molar-refractivity contribution is 7.89. The Balaban J connectivity index is 1.38. The zero-order valence-electron chi connectivity index (χ0n) is 18.3. The van der Waals surface area contributed by atoms with Crippen LogP contribution in [0.4, 0.5) is 11.4 Å². The zero-order valence-corrected chi connectivity index (χ0v) is 19.1. The van der Waals surface area contributed by atoms with Gasteiger partial charge in [-0.15, -0.1) is 0 Å². The van der Waals surface area contributed by atoms with E-state index in [1.165, 1.54) is 35.0 Å². The number of hydrogen-bond donors (Lipinski definition) is 1. The van der Waals surface area contributed by atoms with Crippen molar-refractivity contribution in [2.24, 2.45) is 5.92 Å². The summed E-state index contributed by atoms with van der Waals surface area (Å²) in [6.07, 6.45) is 3.33. The summed E-state index contributed by atoms with van der Waals surface area (Å²) >= 11 is 0. The molecular formula is C24H28N4O3S. The Morgan fingerprint density at radius 2 is 1.75 bits per heavy atom. The number of rotatable bonds is 5. The fourth-order valence-corrected chi connectivity index (χ4v) is 6.09. The molecule has 2 aliphatic heterocycles. The van der Waals surface area contributed by atoms with Gasteiger partial charge in [-0.25, -0.2) is 8.42 Å². The number of sulfonamides is 1. The van der Waals surface area contributed by atoms with E-state index in [-0.39, 0.29) is 35.4 Å². The molecule has 7 nitrogen and oxygen atoms in total. The van der Waals surface area contributed by atoms with E-state index in [4.69, 9.17) is 0 Å². The van der Waals surface area contributed by atoms with Gasteiger partial charge in [0.15, 0.2) is 0 Å². The van der Waals surface area contributed by atoms with Crippen molar-refractivity contribution in [3.8, 4) is 6.07 Å². The van der Waals surface area contributed by atoms with Crippen LogP contribution < -0.4 is 10.2 Å². The van der Waals surface area contributed by atoms with Crippen molar-refractivity contribution in [2.45, 2.75) is 37.5 Å². The Morgan fingerprint density at radius 1 is 1.06 bits per heavy atom. The second-order valence-corrected chi connectivity index (χ2v) is 10.4. The van der Waals surface area contributed by atoms with Gasteiger partial charge in [-0.05, 0) is 68.5 Å². The lowest BCUT2D eigenvalue weighted by Gasteiger charge is -2.31. The van der Waals surface area contributed by atoms with Crippen molar-refractivity contribution in [3.05, 3.63) is 53.6 Å². The lowest BCUT2D eigenvalue weighted by Crippen LogP contribution is -2.41. The van der Waals surface area contributed by atoms with Crippen LogP contribution >= 0.6 is 0 Å². The summed E-state index contributed by atoms with van der Waals surface area (Å²) in [6.45, 7) is 4.66. The molecule has 2 saturated heterocycles. The molecule has 1 N–H and O–H groups in total.